The van der Waals surface area contributed by atoms with Gasteiger partial charge >= 0.3 is 0 Å². The van der Waals surface area contributed by atoms with Crippen LogP contribution in [0.4, 0.5) is 0 Å². The first-order valence-electron chi connectivity index (χ1n) is 7.10. The Kier molecular flexibility index (Phi) is 3.54. The molecule has 6 nitrogen and oxygen atoms in total. The number of carbonyl (C=O) groups is 1. The Morgan fingerprint density at radius 1 is 1.50 bits per heavy atom. The maximum absolute atomic E-state index is 12.4. The smallest absolute Gasteiger partial charge is 0.271 e. The van der Waals surface area contributed by atoms with Crippen LogP contribution in [0.2, 0.25) is 0 Å². The monoisotopic (exact) mass is 273 g/mol. The van der Waals surface area contributed by atoms with Crippen molar-refractivity contribution in [1.29, 1.82) is 0 Å². The highest BCUT2D eigenvalue weighted by Gasteiger charge is 2.26. The molecule has 3 rings (SSSR count). The number of carbonyl (C=O) groups excluding carboxylic acids is 1. The number of aromatic nitrogens is 4. The quantitative estimate of drug-likeness (QED) is 0.924. The van der Waals surface area contributed by atoms with Gasteiger partial charge in [0.15, 0.2) is 0 Å². The van der Waals surface area contributed by atoms with Crippen LogP contribution in [0.25, 0.3) is 0 Å². The van der Waals surface area contributed by atoms with Gasteiger partial charge in [-0.1, -0.05) is 6.92 Å². The highest BCUT2D eigenvalue weighted by atomic mass is 16.2. The third kappa shape index (κ3) is 2.33. The van der Waals surface area contributed by atoms with E-state index in [4.69, 9.17) is 0 Å². The lowest BCUT2D eigenvalue weighted by Crippen LogP contribution is -2.41. The van der Waals surface area contributed by atoms with Crippen molar-refractivity contribution in [2.45, 2.75) is 32.2 Å². The van der Waals surface area contributed by atoms with Crippen LogP contribution >= 0.6 is 0 Å². The maximum Gasteiger partial charge on any atom is 0.271 e. The van der Waals surface area contributed by atoms with Crippen molar-refractivity contribution in [2.24, 2.45) is 0 Å². The van der Waals surface area contributed by atoms with E-state index in [1.54, 1.807) is 12.3 Å². The fourth-order valence-corrected chi connectivity index (χ4v) is 2.86. The zero-order valence-corrected chi connectivity index (χ0v) is 11.6. The molecule has 0 saturated carbocycles. The maximum atomic E-state index is 12.4. The Hall–Kier alpha value is -2.11. The van der Waals surface area contributed by atoms with E-state index in [9.17, 15) is 4.79 Å². The summed E-state index contributed by atoms with van der Waals surface area (Å²) in [6.45, 7) is 3.65. The first-order chi connectivity index (χ1) is 9.79. The molecule has 20 heavy (non-hydrogen) atoms. The molecule has 1 atom stereocenters. The predicted molar refractivity (Wildman–Crippen MR) is 74.4 cm³/mol. The SMILES string of the molecule is CCc1nccn1[C@@H]1CCCN(C(=O)c2ccn[nH]2)C1. The topological polar surface area (TPSA) is 66.8 Å². The van der Waals surface area contributed by atoms with Gasteiger partial charge in [-0.25, -0.2) is 4.98 Å². The van der Waals surface area contributed by atoms with Gasteiger partial charge in [0.25, 0.3) is 5.91 Å². The summed E-state index contributed by atoms with van der Waals surface area (Å²) in [4.78, 5) is 18.6. The van der Waals surface area contributed by atoms with Gasteiger partial charge in [0.1, 0.15) is 11.5 Å². The van der Waals surface area contributed by atoms with Crippen molar-refractivity contribution in [1.82, 2.24) is 24.6 Å². The van der Waals surface area contributed by atoms with Gasteiger partial charge in [0.2, 0.25) is 0 Å². The predicted octanol–water partition coefficient (Wildman–Crippen LogP) is 1.65. The van der Waals surface area contributed by atoms with Crippen LogP contribution in [-0.2, 0) is 6.42 Å². The number of imidazole rings is 1. The average molecular weight is 273 g/mol. The van der Waals surface area contributed by atoms with Crippen molar-refractivity contribution in [3.63, 3.8) is 0 Å². The first kappa shape index (κ1) is 12.9. The van der Waals surface area contributed by atoms with Crippen LogP contribution in [0.1, 0.15) is 42.1 Å². The number of hydrogen-bond acceptors (Lipinski definition) is 3. The first-order valence-corrected chi connectivity index (χ1v) is 7.10. The number of aromatic amines is 1. The molecular formula is C14H19N5O. The summed E-state index contributed by atoms with van der Waals surface area (Å²) in [7, 11) is 0. The molecule has 106 valence electrons. The van der Waals surface area contributed by atoms with Gasteiger partial charge in [-0.3, -0.25) is 9.89 Å². The van der Waals surface area contributed by atoms with E-state index in [0.29, 0.717) is 11.7 Å². The molecule has 6 heteroatoms. The standard InChI is InChI=1S/C14H19N5O/c1-2-13-15-7-9-19(13)11-4-3-8-18(10-11)14(20)12-5-6-16-17-12/h5-7,9,11H,2-4,8,10H2,1H3,(H,16,17)/t11-/m1/s1. The van der Waals surface area contributed by atoms with Crippen molar-refractivity contribution >= 4 is 5.91 Å². The van der Waals surface area contributed by atoms with E-state index in [2.05, 4.69) is 26.7 Å². The van der Waals surface area contributed by atoms with E-state index >= 15 is 0 Å². The molecule has 2 aromatic rings. The number of nitrogens with one attached hydrogen (secondary N) is 1. The third-order valence-corrected chi connectivity index (χ3v) is 3.87. The summed E-state index contributed by atoms with van der Waals surface area (Å²) in [5.41, 5.74) is 0.562. The van der Waals surface area contributed by atoms with Crippen LogP contribution in [-0.4, -0.2) is 43.6 Å². The largest absolute Gasteiger partial charge is 0.335 e. The minimum Gasteiger partial charge on any atom is -0.335 e. The fraction of sp³-hybridized carbons (Fsp3) is 0.500. The molecule has 1 N–H and O–H groups in total. The second-order valence-corrected chi connectivity index (χ2v) is 5.12. The molecule has 0 aromatic carbocycles. The van der Waals surface area contributed by atoms with Crippen LogP contribution < -0.4 is 0 Å². The number of hydrogen-bond donors (Lipinski definition) is 1. The Morgan fingerprint density at radius 3 is 3.15 bits per heavy atom. The van der Waals surface area contributed by atoms with Gasteiger partial charge in [-0.15, -0.1) is 0 Å². The van der Waals surface area contributed by atoms with Crippen LogP contribution in [0.3, 0.4) is 0 Å². The van der Waals surface area contributed by atoms with E-state index in [1.165, 1.54) is 0 Å². The number of amides is 1. The van der Waals surface area contributed by atoms with Crippen LogP contribution in [0, 0.1) is 0 Å². The molecule has 1 saturated heterocycles. The van der Waals surface area contributed by atoms with Gasteiger partial charge < -0.3 is 9.47 Å². The van der Waals surface area contributed by atoms with Crippen molar-refractivity contribution < 1.29 is 4.79 Å². The minimum atomic E-state index is 0.0327. The Balaban J connectivity index is 1.75. The minimum absolute atomic E-state index is 0.0327. The number of rotatable bonds is 3. The summed E-state index contributed by atoms with van der Waals surface area (Å²) < 4.78 is 2.21. The summed E-state index contributed by atoms with van der Waals surface area (Å²) in [5.74, 6) is 1.12. The van der Waals surface area contributed by atoms with Crippen LogP contribution in [0.15, 0.2) is 24.7 Å². The van der Waals surface area contributed by atoms with E-state index < -0.39 is 0 Å². The number of piperidine rings is 1. The van der Waals surface area contributed by atoms with E-state index in [-0.39, 0.29) is 5.91 Å². The Labute approximate surface area is 117 Å². The summed E-state index contributed by atoms with van der Waals surface area (Å²) >= 11 is 0. The lowest BCUT2D eigenvalue weighted by Gasteiger charge is -2.33. The normalized spacial score (nSPS) is 19.2. The average Bonchev–Trinajstić information content (AvgIpc) is 3.17. The van der Waals surface area contributed by atoms with E-state index in [0.717, 1.165) is 38.2 Å². The van der Waals surface area contributed by atoms with E-state index in [1.807, 2.05) is 17.3 Å². The molecular weight excluding hydrogens is 254 g/mol. The van der Waals surface area contributed by atoms with Gasteiger partial charge in [0.05, 0.1) is 6.04 Å². The van der Waals surface area contributed by atoms with Crippen LogP contribution in [0.5, 0.6) is 0 Å². The second-order valence-electron chi connectivity index (χ2n) is 5.12. The molecule has 0 unspecified atom stereocenters. The second kappa shape index (κ2) is 5.48. The fourth-order valence-electron chi connectivity index (χ4n) is 2.86. The zero-order valence-electron chi connectivity index (χ0n) is 11.6. The number of likely N-dealkylation sites (tertiary alicyclic amines) is 1. The molecule has 3 heterocycles. The molecule has 0 spiro atoms. The van der Waals surface area contributed by atoms with Gasteiger partial charge in [-0.2, -0.15) is 5.10 Å². The van der Waals surface area contributed by atoms with Crippen molar-refractivity contribution in [2.75, 3.05) is 13.1 Å². The third-order valence-electron chi connectivity index (χ3n) is 3.87. The Bertz CT molecular complexity index is 574. The summed E-state index contributed by atoms with van der Waals surface area (Å²) in [6, 6.07) is 2.05. The molecule has 1 fully saturated rings. The number of aryl methyl sites for hydroxylation is 1. The Morgan fingerprint density at radius 2 is 2.40 bits per heavy atom. The summed E-state index contributed by atoms with van der Waals surface area (Å²) in [6.07, 6.45) is 8.50. The highest BCUT2D eigenvalue weighted by Crippen LogP contribution is 2.23. The lowest BCUT2D eigenvalue weighted by molar-refractivity contribution is 0.0672. The highest BCUT2D eigenvalue weighted by molar-refractivity contribution is 5.92. The molecule has 1 aliphatic heterocycles. The van der Waals surface area contributed by atoms with Crippen molar-refractivity contribution in [3.8, 4) is 0 Å². The molecule has 0 aliphatic carbocycles. The molecule has 1 aliphatic rings. The molecule has 0 bridgehead atoms. The number of H-pyrrole nitrogens is 1. The summed E-state index contributed by atoms with van der Waals surface area (Å²) in [5, 5.41) is 6.59. The van der Waals surface area contributed by atoms with Gasteiger partial charge in [-0.05, 0) is 18.9 Å². The van der Waals surface area contributed by atoms with Gasteiger partial charge in [0, 0.05) is 38.1 Å². The zero-order chi connectivity index (χ0) is 13.9. The lowest BCUT2D eigenvalue weighted by atomic mass is 10.0. The van der Waals surface area contributed by atoms with Crippen molar-refractivity contribution in [3.05, 3.63) is 36.2 Å². The molecule has 2 aromatic heterocycles. The molecule has 1 amide bonds. The molecule has 0 radical (unpaired) electrons. The number of nitrogens with zero attached hydrogens (tertiary/aromatic N) is 4.